The van der Waals surface area contributed by atoms with Crippen molar-refractivity contribution >= 4 is 5.91 Å². The van der Waals surface area contributed by atoms with Crippen LogP contribution in [0.1, 0.15) is 32.1 Å². The number of rotatable bonds is 3. The summed E-state index contributed by atoms with van der Waals surface area (Å²) in [4.78, 5) is 14.5. The smallest absolute Gasteiger partial charge is 0.226 e. The Bertz CT molecular complexity index is 282. The molecule has 2 saturated carbocycles. The molecule has 0 bridgehead atoms. The van der Waals surface area contributed by atoms with E-state index in [1.165, 1.54) is 19.3 Å². The van der Waals surface area contributed by atoms with Crippen LogP contribution in [0.15, 0.2) is 0 Å². The number of amides is 1. The van der Waals surface area contributed by atoms with Crippen LogP contribution in [0.2, 0.25) is 0 Å². The van der Waals surface area contributed by atoms with Crippen LogP contribution in [0, 0.1) is 17.8 Å². The van der Waals surface area contributed by atoms with Crippen LogP contribution in [-0.4, -0.2) is 37.1 Å². The van der Waals surface area contributed by atoms with Crippen LogP contribution in [0.5, 0.6) is 0 Å². The zero-order chi connectivity index (χ0) is 11.1. The molecule has 0 radical (unpaired) electrons. The van der Waals surface area contributed by atoms with Gasteiger partial charge in [-0.25, -0.2) is 0 Å². The minimum absolute atomic E-state index is 0.360. The molecule has 1 amide bonds. The molecule has 90 valence electrons. The van der Waals surface area contributed by atoms with Gasteiger partial charge in [0, 0.05) is 19.6 Å². The molecule has 1 saturated heterocycles. The molecule has 3 rings (SSSR count). The van der Waals surface area contributed by atoms with Gasteiger partial charge in [0.1, 0.15) is 0 Å². The molecule has 1 heterocycles. The molecule has 3 unspecified atom stereocenters. The molecule has 0 N–H and O–H groups in total. The van der Waals surface area contributed by atoms with E-state index in [0.717, 1.165) is 31.2 Å². The second-order valence-corrected chi connectivity index (χ2v) is 5.57. The molecule has 2 aliphatic carbocycles. The van der Waals surface area contributed by atoms with Crippen molar-refractivity contribution in [1.29, 1.82) is 0 Å². The average molecular weight is 223 g/mol. The second-order valence-electron chi connectivity index (χ2n) is 5.57. The number of ether oxygens (including phenoxy) is 1. The average Bonchev–Trinajstić information content (AvgIpc) is 2.73. The highest BCUT2D eigenvalue weighted by atomic mass is 16.5. The third-order valence-electron chi connectivity index (χ3n) is 4.71. The molecule has 16 heavy (non-hydrogen) atoms. The number of carbonyl (C=O) groups excluding carboxylic acids is 1. The summed E-state index contributed by atoms with van der Waals surface area (Å²) in [5.41, 5.74) is 0. The number of hydrogen-bond acceptors (Lipinski definition) is 2. The van der Waals surface area contributed by atoms with Crippen molar-refractivity contribution < 1.29 is 9.53 Å². The minimum atomic E-state index is 0.360. The zero-order valence-electron chi connectivity index (χ0n) is 10.0. The molecule has 0 aromatic rings. The molecule has 3 fully saturated rings. The standard InChI is InChI=1S/C13H21NO2/c1-16-8-9-4-3-7-14(9)13(15)12-10-5-2-6-11(10)12/h9-12H,2-8H2,1H3. The Morgan fingerprint density at radius 1 is 1.25 bits per heavy atom. The van der Waals surface area contributed by atoms with Gasteiger partial charge >= 0.3 is 0 Å². The summed E-state index contributed by atoms with van der Waals surface area (Å²) in [5.74, 6) is 2.33. The quantitative estimate of drug-likeness (QED) is 0.728. The summed E-state index contributed by atoms with van der Waals surface area (Å²) in [7, 11) is 1.73. The first-order valence-corrected chi connectivity index (χ1v) is 6.62. The highest BCUT2D eigenvalue weighted by Gasteiger charge is 2.58. The van der Waals surface area contributed by atoms with Gasteiger partial charge in [0.2, 0.25) is 5.91 Å². The predicted octanol–water partition coefficient (Wildman–Crippen LogP) is 1.67. The van der Waals surface area contributed by atoms with Gasteiger partial charge < -0.3 is 9.64 Å². The lowest BCUT2D eigenvalue weighted by molar-refractivity contribution is -0.135. The van der Waals surface area contributed by atoms with Crippen LogP contribution in [0.4, 0.5) is 0 Å². The topological polar surface area (TPSA) is 29.5 Å². The summed E-state index contributed by atoms with van der Waals surface area (Å²) in [5, 5.41) is 0. The van der Waals surface area contributed by atoms with Crippen LogP contribution in [0.25, 0.3) is 0 Å². The predicted molar refractivity (Wildman–Crippen MR) is 60.9 cm³/mol. The van der Waals surface area contributed by atoms with Crippen LogP contribution >= 0.6 is 0 Å². The molecule has 3 aliphatic rings. The lowest BCUT2D eigenvalue weighted by atomic mass is 10.1. The molecule has 3 heteroatoms. The van der Waals surface area contributed by atoms with E-state index in [0.29, 0.717) is 24.5 Å². The fourth-order valence-electron chi connectivity index (χ4n) is 3.87. The third kappa shape index (κ3) is 1.56. The lowest BCUT2D eigenvalue weighted by Gasteiger charge is -2.24. The van der Waals surface area contributed by atoms with Gasteiger partial charge in [0.05, 0.1) is 12.6 Å². The number of likely N-dealkylation sites (tertiary alicyclic amines) is 1. The van der Waals surface area contributed by atoms with Crippen LogP contribution in [-0.2, 0) is 9.53 Å². The van der Waals surface area contributed by atoms with Crippen molar-refractivity contribution in [2.75, 3.05) is 20.3 Å². The Balaban J connectivity index is 1.62. The van der Waals surface area contributed by atoms with E-state index in [1.54, 1.807) is 7.11 Å². The monoisotopic (exact) mass is 223 g/mol. The highest BCUT2D eigenvalue weighted by Crippen LogP contribution is 2.58. The Morgan fingerprint density at radius 3 is 2.69 bits per heavy atom. The second kappa shape index (κ2) is 4.02. The Labute approximate surface area is 97.1 Å². The van der Waals surface area contributed by atoms with E-state index >= 15 is 0 Å². The van der Waals surface area contributed by atoms with E-state index < -0.39 is 0 Å². The van der Waals surface area contributed by atoms with E-state index in [9.17, 15) is 4.79 Å². The fourth-order valence-corrected chi connectivity index (χ4v) is 3.87. The summed E-state index contributed by atoms with van der Waals surface area (Å²) < 4.78 is 5.21. The van der Waals surface area contributed by atoms with Crippen molar-refractivity contribution in [3.63, 3.8) is 0 Å². The zero-order valence-corrected chi connectivity index (χ0v) is 10.0. The van der Waals surface area contributed by atoms with E-state index in [1.807, 2.05) is 0 Å². The number of carbonyl (C=O) groups is 1. The van der Waals surface area contributed by atoms with Crippen LogP contribution in [0.3, 0.4) is 0 Å². The maximum absolute atomic E-state index is 12.4. The van der Waals surface area contributed by atoms with Gasteiger partial charge in [-0.05, 0) is 37.5 Å². The summed E-state index contributed by atoms with van der Waals surface area (Å²) >= 11 is 0. The van der Waals surface area contributed by atoms with E-state index in [4.69, 9.17) is 4.74 Å². The Kier molecular flexibility index (Phi) is 2.66. The van der Waals surface area contributed by atoms with Gasteiger partial charge in [-0.15, -0.1) is 0 Å². The maximum atomic E-state index is 12.4. The lowest BCUT2D eigenvalue weighted by Crippen LogP contribution is -2.39. The molecule has 1 aliphatic heterocycles. The largest absolute Gasteiger partial charge is 0.383 e. The SMILES string of the molecule is COCC1CCCN1C(=O)C1C2CCCC21. The first-order valence-electron chi connectivity index (χ1n) is 6.62. The molecule has 0 aromatic carbocycles. The Morgan fingerprint density at radius 2 is 2.00 bits per heavy atom. The molecule has 0 aromatic heterocycles. The normalized spacial score (nSPS) is 41.2. The van der Waals surface area contributed by atoms with Gasteiger partial charge in [-0.1, -0.05) is 6.42 Å². The number of fused-ring (bicyclic) bond motifs is 1. The van der Waals surface area contributed by atoms with E-state index in [2.05, 4.69) is 4.90 Å². The molecule has 3 nitrogen and oxygen atoms in total. The van der Waals surface area contributed by atoms with E-state index in [-0.39, 0.29) is 0 Å². The van der Waals surface area contributed by atoms with Crippen molar-refractivity contribution in [1.82, 2.24) is 4.90 Å². The highest BCUT2D eigenvalue weighted by molar-refractivity contribution is 5.83. The van der Waals surface area contributed by atoms with Gasteiger partial charge in [0.15, 0.2) is 0 Å². The fraction of sp³-hybridized carbons (Fsp3) is 0.923. The first kappa shape index (κ1) is 10.6. The molecular weight excluding hydrogens is 202 g/mol. The van der Waals surface area contributed by atoms with Crippen molar-refractivity contribution in [2.45, 2.75) is 38.1 Å². The van der Waals surface area contributed by atoms with Gasteiger partial charge in [-0.3, -0.25) is 4.79 Å². The minimum Gasteiger partial charge on any atom is -0.383 e. The molecule has 3 atom stereocenters. The first-order chi connectivity index (χ1) is 7.83. The van der Waals surface area contributed by atoms with Crippen molar-refractivity contribution in [3.05, 3.63) is 0 Å². The van der Waals surface area contributed by atoms with Crippen molar-refractivity contribution in [2.24, 2.45) is 17.8 Å². The van der Waals surface area contributed by atoms with Gasteiger partial charge in [-0.2, -0.15) is 0 Å². The molecular formula is C13H21NO2. The summed E-state index contributed by atoms with van der Waals surface area (Å²) in [6.07, 6.45) is 6.22. The molecule has 0 spiro atoms. The van der Waals surface area contributed by atoms with Gasteiger partial charge in [0.25, 0.3) is 0 Å². The third-order valence-corrected chi connectivity index (χ3v) is 4.71. The Hall–Kier alpha value is -0.570. The summed E-state index contributed by atoms with van der Waals surface area (Å²) in [6, 6.07) is 0.360. The summed E-state index contributed by atoms with van der Waals surface area (Å²) in [6.45, 7) is 1.68. The number of methoxy groups -OCH3 is 1. The van der Waals surface area contributed by atoms with Crippen LogP contribution < -0.4 is 0 Å². The van der Waals surface area contributed by atoms with Crippen molar-refractivity contribution in [3.8, 4) is 0 Å². The number of hydrogen-bond donors (Lipinski definition) is 0. The number of nitrogens with zero attached hydrogens (tertiary/aromatic N) is 1. The maximum Gasteiger partial charge on any atom is 0.226 e.